The number of hydrogen-bond donors (Lipinski definition) is 0. The van der Waals surface area contributed by atoms with Crippen molar-refractivity contribution in [3.05, 3.63) is 27.7 Å². The molecule has 0 unspecified atom stereocenters. The quantitative estimate of drug-likeness (QED) is 0.816. The van der Waals surface area contributed by atoms with E-state index in [1.165, 1.54) is 0 Å². The minimum absolute atomic E-state index is 0.367. The van der Waals surface area contributed by atoms with Gasteiger partial charge in [-0.3, -0.25) is 4.68 Å². The summed E-state index contributed by atoms with van der Waals surface area (Å²) < 4.78 is 7.41. The molecule has 0 aliphatic heterocycles. The van der Waals surface area contributed by atoms with Crippen LogP contribution in [0.1, 0.15) is 5.69 Å². The van der Waals surface area contributed by atoms with Crippen molar-refractivity contribution in [3.8, 4) is 11.4 Å². The van der Waals surface area contributed by atoms with Gasteiger partial charge in [-0.15, -0.1) is 0 Å². The topological polar surface area (TPSA) is 52.8 Å². The molecule has 0 atom stereocenters. The molecule has 0 saturated carbocycles. The predicted molar refractivity (Wildman–Crippen MR) is 67.7 cm³/mol. The number of nitrogens with zero attached hydrogens (tertiary/aromatic N) is 4. The van der Waals surface area contributed by atoms with E-state index in [0.29, 0.717) is 27.8 Å². The monoisotopic (exact) mass is 316 g/mol. The van der Waals surface area contributed by atoms with Crippen LogP contribution < -0.4 is 0 Å². The van der Waals surface area contributed by atoms with E-state index in [1.807, 2.05) is 13.2 Å². The highest BCUT2D eigenvalue weighted by atomic mass is 79.9. The van der Waals surface area contributed by atoms with Crippen LogP contribution in [0, 0.1) is 0 Å². The van der Waals surface area contributed by atoms with Crippen molar-refractivity contribution in [1.29, 1.82) is 0 Å². The second-order valence-corrected chi connectivity index (χ2v) is 4.59. The van der Waals surface area contributed by atoms with Crippen LogP contribution >= 0.6 is 27.5 Å². The Morgan fingerprint density at radius 1 is 1.47 bits per heavy atom. The molecule has 0 radical (unpaired) electrons. The standard InChI is InChI=1S/C10H10BrClN4O/c1-16-4-6(3-13-16)10-14-7(5-17-2)8(11)9(12)15-10/h3-4H,5H2,1-2H3. The van der Waals surface area contributed by atoms with Gasteiger partial charge in [0.1, 0.15) is 5.15 Å². The number of halogens is 2. The first kappa shape index (κ1) is 12.5. The minimum atomic E-state index is 0.367. The summed E-state index contributed by atoms with van der Waals surface area (Å²) in [5, 5.41) is 4.44. The molecule has 0 aromatic carbocycles. The fourth-order valence-electron chi connectivity index (χ4n) is 1.36. The van der Waals surface area contributed by atoms with E-state index in [0.717, 1.165) is 5.56 Å². The maximum absolute atomic E-state index is 6.03. The van der Waals surface area contributed by atoms with Gasteiger partial charge in [-0.1, -0.05) is 11.6 Å². The lowest BCUT2D eigenvalue weighted by Crippen LogP contribution is -1.99. The molecule has 17 heavy (non-hydrogen) atoms. The summed E-state index contributed by atoms with van der Waals surface area (Å²) in [7, 11) is 3.44. The Bertz CT molecular complexity index is 543. The van der Waals surface area contributed by atoms with Crippen LogP contribution in [0.25, 0.3) is 11.4 Å². The molecule has 0 spiro atoms. The lowest BCUT2D eigenvalue weighted by Gasteiger charge is -2.06. The van der Waals surface area contributed by atoms with Crippen LogP contribution in [-0.4, -0.2) is 26.9 Å². The van der Waals surface area contributed by atoms with Gasteiger partial charge in [0.05, 0.1) is 28.5 Å². The molecular weight excluding hydrogens is 307 g/mol. The minimum Gasteiger partial charge on any atom is -0.378 e. The van der Waals surface area contributed by atoms with Gasteiger partial charge in [0.25, 0.3) is 0 Å². The Morgan fingerprint density at radius 2 is 2.24 bits per heavy atom. The van der Waals surface area contributed by atoms with Crippen molar-refractivity contribution >= 4 is 27.5 Å². The third-order valence-electron chi connectivity index (χ3n) is 2.12. The van der Waals surface area contributed by atoms with E-state index in [-0.39, 0.29) is 0 Å². The zero-order valence-electron chi connectivity index (χ0n) is 9.31. The molecule has 0 N–H and O–H groups in total. The molecule has 0 aliphatic rings. The maximum atomic E-state index is 6.03. The first-order valence-corrected chi connectivity index (χ1v) is 5.98. The smallest absolute Gasteiger partial charge is 0.164 e. The molecule has 0 bridgehead atoms. The molecule has 0 amide bonds. The molecule has 0 saturated heterocycles. The summed E-state index contributed by atoms with van der Waals surface area (Å²) in [6.07, 6.45) is 3.52. The molecule has 2 aromatic rings. The van der Waals surface area contributed by atoms with E-state index in [2.05, 4.69) is 31.0 Å². The largest absolute Gasteiger partial charge is 0.378 e. The van der Waals surface area contributed by atoms with Crippen molar-refractivity contribution in [2.45, 2.75) is 6.61 Å². The molecular formula is C10H10BrClN4O. The van der Waals surface area contributed by atoms with Gasteiger partial charge in [-0.2, -0.15) is 5.10 Å². The third kappa shape index (κ3) is 2.65. The predicted octanol–water partition coefficient (Wildman–Crippen LogP) is 2.44. The second kappa shape index (κ2) is 5.12. The van der Waals surface area contributed by atoms with Crippen LogP contribution in [-0.2, 0) is 18.4 Å². The summed E-state index contributed by atoms with van der Waals surface area (Å²) >= 11 is 9.37. The van der Waals surface area contributed by atoms with Crippen LogP contribution in [0.5, 0.6) is 0 Å². The highest BCUT2D eigenvalue weighted by molar-refractivity contribution is 9.10. The molecule has 2 aromatic heterocycles. The van der Waals surface area contributed by atoms with Gasteiger partial charge < -0.3 is 4.74 Å². The van der Waals surface area contributed by atoms with E-state index in [1.54, 1.807) is 18.0 Å². The van der Waals surface area contributed by atoms with E-state index in [9.17, 15) is 0 Å². The van der Waals surface area contributed by atoms with Gasteiger partial charge in [0.15, 0.2) is 5.82 Å². The Hall–Kier alpha value is -0.980. The van der Waals surface area contributed by atoms with Crippen molar-refractivity contribution in [3.63, 3.8) is 0 Å². The van der Waals surface area contributed by atoms with E-state index in [4.69, 9.17) is 16.3 Å². The molecule has 2 rings (SSSR count). The number of methoxy groups -OCH3 is 1. The molecule has 0 aliphatic carbocycles. The summed E-state index contributed by atoms with van der Waals surface area (Å²) in [6, 6.07) is 0. The summed E-state index contributed by atoms with van der Waals surface area (Å²) in [6.45, 7) is 0.371. The normalized spacial score (nSPS) is 10.8. The average Bonchev–Trinajstić information content (AvgIpc) is 2.71. The Morgan fingerprint density at radius 3 is 2.82 bits per heavy atom. The number of aryl methyl sites for hydroxylation is 1. The lowest BCUT2D eigenvalue weighted by atomic mass is 10.3. The second-order valence-electron chi connectivity index (χ2n) is 3.43. The molecule has 90 valence electrons. The third-order valence-corrected chi connectivity index (χ3v) is 3.46. The Kier molecular flexibility index (Phi) is 3.76. The van der Waals surface area contributed by atoms with Crippen LogP contribution in [0.4, 0.5) is 0 Å². The SMILES string of the molecule is COCc1nc(-c2cnn(C)c2)nc(Cl)c1Br. The van der Waals surface area contributed by atoms with Crippen molar-refractivity contribution < 1.29 is 4.74 Å². The first-order valence-electron chi connectivity index (χ1n) is 4.81. The number of rotatable bonds is 3. The lowest BCUT2D eigenvalue weighted by molar-refractivity contribution is 0.181. The highest BCUT2D eigenvalue weighted by Gasteiger charge is 2.12. The van der Waals surface area contributed by atoms with Gasteiger partial charge in [0.2, 0.25) is 0 Å². The van der Waals surface area contributed by atoms with E-state index >= 15 is 0 Å². The molecule has 2 heterocycles. The van der Waals surface area contributed by atoms with Crippen LogP contribution in [0.15, 0.2) is 16.9 Å². The van der Waals surface area contributed by atoms with Crippen LogP contribution in [0.3, 0.4) is 0 Å². The number of hydrogen-bond acceptors (Lipinski definition) is 4. The zero-order valence-corrected chi connectivity index (χ0v) is 11.7. The molecule has 5 nitrogen and oxygen atoms in total. The Labute approximate surface area is 112 Å². The van der Waals surface area contributed by atoms with Crippen LogP contribution in [0.2, 0.25) is 5.15 Å². The van der Waals surface area contributed by atoms with Gasteiger partial charge >= 0.3 is 0 Å². The maximum Gasteiger partial charge on any atom is 0.164 e. The fraction of sp³-hybridized carbons (Fsp3) is 0.300. The summed E-state index contributed by atoms with van der Waals surface area (Å²) in [5.41, 5.74) is 1.53. The summed E-state index contributed by atoms with van der Waals surface area (Å²) in [4.78, 5) is 8.58. The van der Waals surface area contributed by atoms with Crippen molar-refractivity contribution in [2.24, 2.45) is 7.05 Å². The fourth-order valence-corrected chi connectivity index (χ4v) is 1.84. The molecule has 7 heteroatoms. The number of ether oxygens (including phenoxy) is 1. The highest BCUT2D eigenvalue weighted by Crippen LogP contribution is 2.27. The average molecular weight is 318 g/mol. The van der Waals surface area contributed by atoms with Gasteiger partial charge in [-0.05, 0) is 15.9 Å². The van der Waals surface area contributed by atoms with Gasteiger partial charge in [0, 0.05) is 20.4 Å². The van der Waals surface area contributed by atoms with Crippen molar-refractivity contribution in [1.82, 2.24) is 19.7 Å². The first-order chi connectivity index (χ1) is 8.11. The molecule has 0 fully saturated rings. The van der Waals surface area contributed by atoms with E-state index < -0.39 is 0 Å². The van der Waals surface area contributed by atoms with Gasteiger partial charge in [-0.25, -0.2) is 9.97 Å². The summed E-state index contributed by atoms with van der Waals surface area (Å²) in [5.74, 6) is 0.540. The Balaban J connectivity index is 2.48. The van der Waals surface area contributed by atoms with Crippen molar-refractivity contribution in [2.75, 3.05) is 7.11 Å². The number of aromatic nitrogens is 4. The zero-order chi connectivity index (χ0) is 12.4.